The van der Waals surface area contributed by atoms with Crippen molar-refractivity contribution in [1.82, 2.24) is 8.61 Å². The molecule has 0 amide bonds. The monoisotopic (exact) mass is 314 g/mol. The molecular formula is C14H22N2O4S. The van der Waals surface area contributed by atoms with Gasteiger partial charge in [-0.25, -0.2) is 0 Å². The first kappa shape index (κ1) is 16.1. The summed E-state index contributed by atoms with van der Waals surface area (Å²) in [4.78, 5) is 0. The maximum absolute atomic E-state index is 12.4. The molecule has 21 heavy (non-hydrogen) atoms. The minimum absolute atomic E-state index is 0.301. The van der Waals surface area contributed by atoms with Gasteiger partial charge in [-0.2, -0.15) is 17.0 Å². The number of benzene rings is 1. The predicted molar refractivity (Wildman–Crippen MR) is 80.7 cm³/mol. The van der Waals surface area contributed by atoms with Gasteiger partial charge in [-0.3, -0.25) is 0 Å². The molecule has 118 valence electrons. The summed E-state index contributed by atoms with van der Waals surface area (Å²) in [7, 11) is -1.84. The first-order valence-corrected chi connectivity index (χ1v) is 8.48. The zero-order valence-corrected chi connectivity index (χ0v) is 13.5. The van der Waals surface area contributed by atoms with E-state index in [4.69, 9.17) is 9.47 Å². The van der Waals surface area contributed by atoms with Crippen molar-refractivity contribution in [2.24, 2.45) is 0 Å². The first-order chi connectivity index (χ1) is 9.98. The summed E-state index contributed by atoms with van der Waals surface area (Å²) in [5.74, 6) is 1.38. The lowest BCUT2D eigenvalue weighted by Gasteiger charge is -2.26. The molecule has 0 saturated heterocycles. The third-order valence-electron chi connectivity index (χ3n) is 3.44. The Morgan fingerprint density at radius 3 is 2.33 bits per heavy atom. The molecule has 0 atom stereocenters. The van der Waals surface area contributed by atoms with Crippen LogP contribution in [-0.4, -0.2) is 50.4 Å². The van der Waals surface area contributed by atoms with Crippen LogP contribution in [0.2, 0.25) is 0 Å². The number of hydrogen-bond donors (Lipinski definition) is 0. The average Bonchev–Trinajstić information content (AvgIpc) is 2.48. The molecule has 0 aromatic heterocycles. The van der Waals surface area contributed by atoms with E-state index in [9.17, 15) is 8.42 Å². The summed E-state index contributed by atoms with van der Waals surface area (Å²) < 4.78 is 38.5. The first-order valence-electron chi connectivity index (χ1n) is 7.09. The van der Waals surface area contributed by atoms with Crippen LogP contribution >= 0.6 is 0 Å². The Morgan fingerprint density at radius 2 is 1.71 bits per heavy atom. The summed E-state index contributed by atoms with van der Waals surface area (Å²) in [5, 5.41) is 0. The Hall–Kier alpha value is -1.31. The lowest BCUT2D eigenvalue weighted by molar-refractivity contribution is 0.171. The predicted octanol–water partition coefficient (Wildman–Crippen LogP) is 1.48. The van der Waals surface area contributed by atoms with E-state index in [0.717, 1.165) is 5.56 Å². The molecule has 1 aliphatic heterocycles. The molecule has 1 aromatic rings. The zero-order valence-electron chi connectivity index (χ0n) is 12.7. The van der Waals surface area contributed by atoms with Gasteiger partial charge in [0.2, 0.25) is 0 Å². The fourth-order valence-electron chi connectivity index (χ4n) is 2.27. The van der Waals surface area contributed by atoms with E-state index < -0.39 is 10.2 Å². The van der Waals surface area contributed by atoms with Crippen LogP contribution in [0.5, 0.6) is 11.5 Å². The number of ether oxygens (including phenoxy) is 2. The van der Waals surface area contributed by atoms with Gasteiger partial charge in [0.1, 0.15) is 13.2 Å². The van der Waals surface area contributed by atoms with E-state index in [0.29, 0.717) is 44.3 Å². The van der Waals surface area contributed by atoms with Crippen LogP contribution in [0, 0.1) is 0 Å². The van der Waals surface area contributed by atoms with Crippen molar-refractivity contribution in [2.75, 3.05) is 33.4 Å². The van der Waals surface area contributed by atoms with Gasteiger partial charge < -0.3 is 9.47 Å². The van der Waals surface area contributed by atoms with Crippen molar-refractivity contribution in [2.45, 2.75) is 20.4 Å². The van der Waals surface area contributed by atoms with Crippen LogP contribution in [-0.2, 0) is 16.8 Å². The van der Waals surface area contributed by atoms with E-state index in [1.165, 1.54) is 8.61 Å². The van der Waals surface area contributed by atoms with Gasteiger partial charge in [0.15, 0.2) is 11.5 Å². The van der Waals surface area contributed by atoms with Crippen molar-refractivity contribution in [3.8, 4) is 11.5 Å². The second-order valence-electron chi connectivity index (χ2n) is 4.83. The summed E-state index contributed by atoms with van der Waals surface area (Å²) in [5.41, 5.74) is 0.873. The molecule has 6 nitrogen and oxygen atoms in total. The topological polar surface area (TPSA) is 59.1 Å². The molecule has 1 heterocycles. The van der Waals surface area contributed by atoms with Crippen molar-refractivity contribution in [1.29, 1.82) is 0 Å². The molecule has 0 spiro atoms. The van der Waals surface area contributed by atoms with E-state index in [-0.39, 0.29) is 0 Å². The third-order valence-corrected chi connectivity index (χ3v) is 5.52. The Balaban J connectivity index is 2.14. The molecular weight excluding hydrogens is 292 g/mol. The van der Waals surface area contributed by atoms with E-state index in [2.05, 4.69) is 0 Å². The Labute approximate surface area is 126 Å². The highest BCUT2D eigenvalue weighted by molar-refractivity contribution is 7.86. The third kappa shape index (κ3) is 3.48. The second kappa shape index (κ2) is 6.64. The van der Waals surface area contributed by atoms with E-state index in [1.807, 2.05) is 32.0 Å². The standard InChI is InChI=1S/C14H22N2O4S/c1-4-16(5-2)21(17,18)15(3)11-12-6-7-13-14(10-12)20-9-8-19-13/h6-7,10H,4-5,8-9,11H2,1-3H3. The number of nitrogens with zero attached hydrogens (tertiary/aromatic N) is 2. The van der Waals surface area contributed by atoms with Gasteiger partial charge in [0.05, 0.1) is 0 Å². The molecule has 0 aliphatic carbocycles. The number of hydrogen-bond acceptors (Lipinski definition) is 4. The molecule has 2 rings (SSSR count). The van der Waals surface area contributed by atoms with Crippen molar-refractivity contribution >= 4 is 10.2 Å². The SMILES string of the molecule is CCN(CC)S(=O)(=O)N(C)Cc1ccc2c(c1)OCCO2. The Morgan fingerprint density at radius 1 is 1.10 bits per heavy atom. The number of rotatable bonds is 6. The second-order valence-corrected chi connectivity index (χ2v) is 6.86. The molecule has 0 unspecified atom stereocenters. The van der Waals surface area contributed by atoms with Gasteiger partial charge >= 0.3 is 0 Å². The molecule has 1 aromatic carbocycles. The molecule has 0 saturated carbocycles. The largest absolute Gasteiger partial charge is 0.486 e. The number of fused-ring (bicyclic) bond motifs is 1. The van der Waals surface area contributed by atoms with Crippen LogP contribution in [0.3, 0.4) is 0 Å². The lowest BCUT2D eigenvalue weighted by atomic mass is 10.2. The highest BCUT2D eigenvalue weighted by atomic mass is 32.2. The molecule has 0 bridgehead atoms. The molecule has 0 fully saturated rings. The van der Waals surface area contributed by atoms with Gasteiger partial charge in [0, 0.05) is 26.7 Å². The van der Waals surface area contributed by atoms with Gasteiger partial charge in [-0.1, -0.05) is 19.9 Å². The summed E-state index contributed by atoms with van der Waals surface area (Å²) >= 11 is 0. The van der Waals surface area contributed by atoms with Gasteiger partial charge in [0.25, 0.3) is 10.2 Å². The Bertz CT molecular complexity index is 585. The van der Waals surface area contributed by atoms with Crippen LogP contribution in [0.1, 0.15) is 19.4 Å². The van der Waals surface area contributed by atoms with Crippen molar-refractivity contribution in [3.63, 3.8) is 0 Å². The minimum atomic E-state index is -3.43. The Kier molecular flexibility index (Phi) is 5.08. The van der Waals surface area contributed by atoms with Crippen LogP contribution < -0.4 is 9.47 Å². The lowest BCUT2D eigenvalue weighted by Crippen LogP contribution is -2.41. The fourth-order valence-corrected chi connectivity index (χ4v) is 3.63. The molecule has 0 radical (unpaired) electrons. The smallest absolute Gasteiger partial charge is 0.282 e. The summed E-state index contributed by atoms with van der Waals surface area (Å²) in [6.45, 7) is 5.95. The van der Waals surface area contributed by atoms with Crippen molar-refractivity contribution < 1.29 is 17.9 Å². The van der Waals surface area contributed by atoms with Crippen LogP contribution in [0.25, 0.3) is 0 Å². The summed E-state index contributed by atoms with van der Waals surface area (Å²) in [6, 6.07) is 5.52. The quantitative estimate of drug-likeness (QED) is 0.798. The van der Waals surface area contributed by atoms with E-state index >= 15 is 0 Å². The van der Waals surface area contributed by atoms with E-state index in [1.54, 1.807) is 7.05 Å². The normalized spacial score (nSPS) is 14.7. The maximum atomic E-state index is 12.4. The molecule has 1 aliphatic rings. The summed E-state index contributed by atoms with van der Waals surface area (Å²) in [6.07, 6.45) is 0. The van der Waals surface area contributed by atoms with Gasteiger partial charge in [-0.05, 0) is 17.7 Å². The van der Waals surface area contributed by atoms with Crippen LogP contribution in [0.4, 0.5) is 0 Å². The molecule has 7 heteroatoms. The minimum Gasteiger partial charge on any atom is -0.486 e. The van der Waals surface area contributed by atoms with Crippen molar-refractivity contribution in [3.05, 3.63) is 23.8 Å². The average molecular weight is 314 g/mol. The fraction of sp³-hybridized carbons (Fsp3) is 0.571. The van der Waals surface area contributed by atoms with Gasteiger partial charge in [-0.15, -0.1) is 0 Å². The van der Waals surface area contributed by atoms with Crippen LogP contribution in [0.15, 0.2) is 18.2 Å². The zero-order chi connectivity index (χ0) is 15.5. The highest BCUT2D eigenvalue weighted by Crippen LogP contribution is 2.31. The molecule has 0 N–H and O–H groups in total. The maximum Gasteiger partial charge on any atom is 0.282 e. The highest BCUT2D eigenvalue weighted by Gasteiger charge is 2.24.